The molecule has 1 aromatic heterocycles. The molecule has 7 heteroatoms. The van der Waals surface area contributed by atoms with Crippen LogP contribution in [0, 0.1) is 23.7 Å². The first kappa shape index (κ1) is 15.6. The SMILES string of the molecule is CCn1c(C)nnc1CN1[C@H]2C[C@H]3CCC2(CS1(=O)=O)C3(C)C. The van der Waals surface area contributed by atoms with Gasteiger partial charge in [0.2, 0.25) is 10.0 Å². The van der Waals surface area contributed by atoms with Crippen LogP contribution in [0.3, 0.4) is 0 Å². The van der Waals surface area contributed by atoms with Crippen molar-refractivity contribution in [2.75, 3.05) is 5.75 Å². The first-order valence-corrected chi connectivity index (χ1v) is 10.2. The second kappa shape index (κ2) is 4.57. The van der Waals surface area contributed by atoms with Gasteiger partial charge in [0.1, 0.15) is 11.6 Å². The molecule has 4 rings (SSSR count). The van der Waals surface area contributed by atoms with Crippen LogP contribution in [-0.4, -0.2) is 39.3 Å². The van der Waals surface area contributed by atoms with Crippen LogP contribution in [0.2, 0.25) is 0 Å². The second-order valence-electron chi connectivity index (χ2n) is 8.07. The monoisotopic (exact) mass is 338 g/mol. The zero-order chi connectivity index (χ0) is 16.6. The van der Waals surface area contributed by atoms with Gasteiger partial charge in [-0.1, -0.05) is 13.8 Å². The summed E-state index contributed by atoms with van der Waals surface area (Å²) in [5.74, 6) is 2.58. The van der Waals surface area contributed by atoms with E-state index in [1.165, 1.54) is 6.42 Å². The van der Waals surface area contributed by atoms with Crippen molar-refractivity contribution in [2.24, 2.45) is 16.7 Å². The van der Waals surface area contributed by atoms with Crippen molar-refractivity contribution in [1.29, 1.82) is 0 Å². The second-order valence-corrected chi connectivity index (χ2v) is 10.00. The molecular weight excluding hydrogens is 312 g/mol. The van der Waals surface area contributed by atoms with Crippen LogP contribution in [0.15, 0.2) is 0 Å². The highest BCUT2D eigenvalue weighted by Crippen LogP contribution is 2.70. The molecule has 1 aliphatic heterocycles. The van der Waals surface area contributed by atoms with E-state index in [9.17, 15) is 8.42 Å². The summed E-state index contributed by atoms with van der Waals surface area (Å²) < 4.78 is 29.6. The van der Waals surface area contributed by atoms with Gasteiger partial charge in [-0.2, -0.15) is 4.31 Å². The number of hydrogen-bond donors (Lipinski definition) is 0. The third kappa shape index (κ3) is 1.81. The molecule has 23 heavy (non-hydrogen) atoms. The van der Waals surface area contributed by atoms with E-state index in [0.717, 1.165) is 31.0 Å². The summed E-state index contributed by atoms with van der Waals surface area (Å²) in [6.07, 6.45) is 3.23. The Kier molecular flexibility index (Phi) is 3.09. The van der Waals surface area contributed by atoms with E-state index in [4.69, 9.17) is 0 Å². The van der Waals surface area contributed by atoms with Crippen molar-refractivity contribution in [3.63, 3.8) is 0 Å². The maximum atomic E-state index is 12.9. The zero-order valence-electron chi connectivity index (χ0n) is 14.4. The summed E-state index contributed by atoms with van der Waals surface area (Å²) in [4.78, 5) is 0. The fourth-order valence-electron chi connectivity index (χ4n) is 5.68. The molecular formula is C16H26N4O2S. The van der Waals surface area contributed by atoms with E-state index < -0.39 is 10.0 Å². The lowest BCUT2D eigenvalue weighted by Gasteiger charge is -2.37. The first-order chi connectivity index (χ1) is 10.7. The van der Waals surface area contributed by atoms with Crippen LogP contribution in [0.5, 0.6) is 0 Å². The molecule has 6 nitrogen and oxygen atoms in total. The molecule has 2 aliphatic carbocycles. The van der Waals surface area contributed by atoms with E-state index >= 15 is 0 Å². The molecule has 2 bridgehead atoms. The molecule has 1 aromatic rings. The van der Waals surface area contributed by atoms with Crippen LogP contribution in [-0.2, 0) is 23.1 Å². The Balaban J connectivity index is 1.72. The number of rotatable bonds is 3. The van der Waals surface area contributed by atoms with Gasteiger partial charge in [0.05, 0.1) is 12.3 Å². The van der Waals surface area contributed by atoms with Crippen molar-refractivity contribution in [3.8, 4) is 0 Å². The van der Waals surface area contributed by atoms with E-state index in [0.29, 0.717) is 18.2 Å². The minimum absolute atomic E-state index is 0.0669. The highest BCUT2D eigenvalue weighted by Gasteiger charge is 2.71. The van der Waals surface area contributed by atoms with Crippen LogP contribution < -0.4 is 0 Å². The van der Waals surface area contributed by atoms with Gasteiger partial charge >= 0.3 is 0 Å². The van der Waals surface area contributed by atoms with E-state index in [2.05, 4.69) is 24.0 Å². The zero-order valence-corrected chi connectivity index (χ0v) is 15.2. The molecule has 2 saturated carbocycles. The minimum atomic E-state index is -3.22. The van der Waals surface area contributed by atoms with Gasteiger partial charge in [-0.15, -0.1) is 10.2 Å². The maximum Gasteiger partial charge on any atom is 0.215 e. The van der Waals surface area contributed by atoms with Gasteiger partial charge in [0.25, 0.3) is 0 Å². The topological polar surface area (TPSA) is 68.1 Å². The summed E-state index contributed by atoms with van der Waals surface area (Å²) in [6.45, 7) is 9.66. The summed E-state index contributed by atoms with van der Waals surface area (Å²) >= 11 is 0. The molecule has 3 aliphatic rings. The molecule has 1 spiro atoms. The van der Waals surface area contributed by atoms with Crippen LogP contribution in [0.4, 0.5) is 0 Å². The average molecular weight is 338 g/mol. The number of sulfonamides is 1. The van der Waals surface area contributed by atoms with Crippen molar-refractivity contribution in [2.45, 2.75) is 66.1 Å². The Morgan fingerprint density at radius 1 is 1.30 bits per heavy atom. The summed E-state index contributed by atoms with van der Waals surface area (Å²) in [6, 6.07) is 0.142. The summed E-state index contributed by atoms with van der Waals surface area (Å²) in [5.41, 5.74) is 0.0520. The Labute approximate surface area is 138 Å². The average Bonchev–Trinajstić information content (AvgIpc) is 3.08. The van der Waals surface area contributed by atoms with Gasteiger partial charge in [0.15, 0.2) is 0 Å². The van der Waals surface area contributed by atoms with Gasteiger partial charge < -0.3 is 4.57 Å². The smallest absolute Gasteiger partial charge is 0.215 e. The largest absolute Gasteiger partial charge is 0.314 e. The summed E-state index contributed by atoms with van der Waals surface area (Å²) in [5, 5.41) is 8.36. The molecule has 0 aromatic carbocycles. The molecule has 2 heterocycles. The van der Waals surface area contributed by atoms with Gasteiger partial charge in [0, 0.05) is 18.0 Å². The molecule has 0 amide bonds. The predicted octanol–water partition coefficient (Wildman–Crippen LogP) is 1.95. The highest BCUT2D eigenvalue weighted by molar-refractivity contribution is 7.89. The van der Waals surface area contributed by atoms with E-state index in [1.54, 1.807) is 4.31 Å². The Bertz CT molecular complexity index is 754. The van der Waals surface area contributed by atoms with Gasteiger partial charge in [-0.25, -0.2) is 8.42 Å². The predicted molar refractivity (Wildman–Crippen MR) is 87.1 cm³/mol. The fraction of sp³-hybridized carbons (Fsp3) is 0.875. The minimum Gasteiger partial charge on any atom is -0.314 e. The Hall–Kier alpha value is -0.950. The number of aryl methyl sites for hydroxylation is 1. The number of aromatic nitrogens is 3. The highest BCUT2D eigenvalue weighted by atomic mass is 32.2. The molecule has 3 atom stereocenters. The van der Waals surface area contributed by atoms with E-state index in [1.807, 2.05) is 18.4 Å². The lowest BCUT2D eigenvalue weighted by molar-refractivity contribution is 0.111. The Morgan fingerprint density at radius 3 is 2.70 bits per heavy atom. The molecule has 0 radical (unpaired) electrons. The third-order valence-corrected chi connectivity index (χ3v) is 9.14. The van der Waals surface area contributed by atoms with Crippen LogP contribution in [0.1, 0.15) is 51.7 Å². The molecule has 0 N–H and O–H groups in total. The molecule has 128 valence electrons. The Morgan fingerprint density at radius 2 is 2.04 bits per heavy atom. The van der Waals surface area contributed by atoms with E-state index in [-0.39, 0.29) is 16.9 Å². The first-order valence-electron chi connectivity index (χ1n) is 8.61. The van der Waals surface area contributed by atoms with Crippen molar-refractivity contribution in [1.82, 2.24) is 19.1 Å². The molecule has 1 saturated heterocycles. The lowest BCUT2D eigenvalue weighted by Crippen LogP contribution is -2.41. The van der Waals surface area contributed by atoms with Gasteiger partial charge in [-0.05, 0) is 44.4 Å². The van der Waals surface area contributed by atoms with Gasteiger partial charge in [-0.3, -0.25) is 0 Å². The maximum absolute atomic E-state index is 12.9. The third-order valence-electron chi connectivity index (χ3n) is 7.16. The molecule has 3 fully saturated rings. The van der Waals surface area contributed by atoms with Crippen LogP contribution >= 0.6 is 0 Å². The number of nitrogens with zero attached hydrogens (tertiary/aromatic N) is 4. The fourth-order valence-corrected chi connectivity index (χ4v) is 8.19. The van der Waals surface area contributed by atoms with Crippen LogP contribution in [0.25, 0.3) is 0 Å². The van der Waals surface area contributed by atoms with Crippen molar-refractivity contribution >= 4 is 10.0 Å². The lowest BCUT2D eigenvalue weighted by atomic mass is 9.69. The van der Waals surface area contributed by atoms with Crippen molar-refractivity contribution < 1.29 is 8.42 Å². The number of hydrogen-bond acceptors (Lipinski definition) is 4. The quantitative estimate of drug-likeness (QED) is 0.845. The normalized spacial score (nSPS) is 37.4. The standard InChI is InChI=1S/C16H26N4O2S/c1-5-19-11(2)17-18-14(19)9-20-13-8-12-6-7-16(13,15(12,3)4)10-23(20,21)22/h12-13H,5-10H2,1-4H3/t12-,13+,16?/m1/s1. The van der Waals surface area contributed by atoms with Crippen molar-refractivity contribution in [3.05, 3.63) is 11.6 Å². The summed E-state index contributed by atoms with van der Waals surface area (Å²) in [7, 11) is -3.22. The molecule has 1 unspecified atom stereocenters. The number of fused-ring (bicyclic) bond motifs is 1.